The minimum absolute atomic E-state index is 0.00354. The number of carbonyl (C=O) groups is 3. The highest BCUT2D eigenvalue weighted by atomic mass is 35.5. The minimum Gasteiger partial charge on any atom is -0.384 e. The molecular formula is C25H31ClN7O4S. The minimum atomic E-state index is -0.501. The number of likely N-dealkylation sites (N-methyl/N-ethyl adjacent to an activating group) is 1. The van der Waals surface area contributed by atoms with Crippen molar-refractivity contribution < 1.29 is 19.2 Å². The largest absolute Gasteiger partial charge is 0.384 e. The molecule has 0 aromatic carbocycles. The Morgan fingerprint density at radius 1 is 1.16 bits per heavy atom. The molecule has 5 rings (SSSR count). The third kappa shape index (κ3) is 5.71. The van der Waals surface area contributed by atoms with Gasteiger partial charge in [-0.2, -0.15) is 0 Å². The van der Waals surface area contributed by atoms with E-state index in [1.165, 1.54) is 11.3 Å². The van der Waals surface area contributed by atoms with Crippen LogP contribution in [0.3, 0.4) is 0 Å². The van der Waals surface area contributed by atoms with Crippen molar-refractivity contribution in [1.29, 1.82) is 0 Å². The van der Waals surface area contributed by atoms with Gasteiger partial charge >= 0.3 is 0 Å². The van der Waals surface area contributed by atoms with Gasteiger partial charge in [-0.25, -0.2) is 10.3 Å². The van der Waals surface area contributed by atoms with Gasteiger partial charge in [0.05, 0.1) is 17.4 Å². The molecule has 11 nitrogen and oxygen atoms in total. The first kappa shape index (κ1) is 26.6. The topological polar surface area (TPSA) is 130 Å². The van der Waals surface area contributed by atoms with E-state index >= 15 is 0 Å². The second-order valence-electron chi connectivity index (χ2n) is 10.3. The Labute approximate surface area is 230 Å². The summed E-state index contributed by atoms with van der Waals surface area (Å²) in [4.78, 5) is 54.0. The van der Waals surface area contributed by atoms with Crippen LogP contribution in [0.25, 0.3) is 0 Å². The number of rotatable bonds is 5. The second kappa shape index (κ2) is 11.0. The quantitative estimate of drug-likeness (QED) is 0.559. The number of nitrogens with zero attached hydrogens (tertiary/aromatic N) is 5. The highest BCUT2D eigenvalue weighted by Gasteiger charge is 2.38. The summed E-state index contributed by atoms with van der Waals surface area (Å²) in [6.45, 7) is 1.68. The molecular weight excluding hydrogens is 530 g/mol. The van der Waals surface area contributed by atoms with Gasteiger partial charge in [0.15, 0.2) is 11.1 Å². The summed E-state index contributed by atoms with van der Waals surface area (Å²) >= 11 is 7.45. The van der Waals surface area contributed by atoms with E-state index in [1.54, 1.807) is 31.1 Å². The maximum absolute atomic E-state index is 13.3. The Morgan fingerprint density at radius 3 is 2.74 bits per heavy atom. The monoisotopic (exact) mass is 560 g/mol. The third-order valence-electron chi connectivity index (χ3n) is 7.24. The summed E-state index contributed by atoms with van der Waals surface area (Å²) in [5, 5.41) is 15.3. The van der Waals surface area contributed by atoms with Crippen LogP contribution in [-0.2, 0) is 27.4 Å². The standard InChI is InChI=1S/C25H31ClN7O4S/c1-32(2)25(36)13-4-6-15(28-22(34)21-27-16-7-5-14(26)11-19(16)37-31-21)18(10-13)29-23(35)24-30-17-8-9-33(3)12-20(17)38-24/h5,7,13,15,18-19H,4,6,8-12H2,1-3H3,(H,28,34)(H,29,35)/t13-,15-,18+,19?/m0/s1. The van der Waals surface area contributed by atoms with Crippen molar-refractivity contribution in [2.75, 3.05) is 27.7 Å². The number of allylic oxidation sites excluding steroid dienone is 2. The van der Waals surface area contributed by atoms with E-state index < -0.39 is 24.1 Å². The number of halogens is 1. The number of carbonyl (C=O) groups excluding carboxylic acids is 3. The van der Waals surface area contributed by atoms with Crippen LogP contribution in [0.1, 0.15) is 46.1 Å². The Kier molecular flexibility index (Phi) is 7.73. The van der Waals surface area contributed by atoms with Gasteiger partial charge in [-0.15, -0.1) is 11.3 Å². The fourth-order valence-corrected chi connectivity index (χ4v) is 6.45. The molecule has 0 bridgehead atoms. The molecule has 2 aliphatic heterocycles. The number of hydrogen-bond acceptors (Lipinski definition) is 8. The highest BCUT2D eigenvalue weighted by molar-refractivity contribution is 7.13. The number of aromatic nitrogens is 1. The van der Waals surface area contributed by atoms with Gasteiger partial charge < -0.3 is 25.3 Å². The fraction of sp³-hybridized carbons (Fsp3) is 0.560. The number of fused-ring (bicyclic) bond motifs is 2. The first-order valence-electron chi connectivity index (χ1n) is 12.7. The van der Waals surface area contributed by atoms with Crippen LogP contribution in [0.15, 0.2) is 28.0 Å². The highest BCUT2D eigenvalue weighted by Crippen LogP contribution is 2.29. The van der Waals surface area contributed by atoms with Crippen molar-refractivity contribution in [2.24, 2.45) is 11.1 Å². The lowest BCUT2D eigenvalue weighted by molar-refractivity contribution is -0.134. The van der Waals surface area contributed by atoms with Gasteiger partial charge in [-0.05, 0) is 38.5 Å². The molecule has 0 spiro atoms. The summed E-state index contributed by atoms with van der Waals surface area (Å²) < 4.78 is 0. The van der Waals surface area contributed by atoms with Crippen molar-refractivity contribution in [2.45, 2.75) is 56.8 Å². The normalized spacial score (nSPS) is 26.8. The molecule has 3 heterocycles. The molecule has 0 saturated heterocycles. The van der Waals surface area contributed by atoms with Gasteiger partial charge in [0.25, 0.3) is 17.6 Å². The molecule has 38 heavy (non-hydrogen) atoms. The SMILES string of the molecule is CN1CCc2nc(C(=O)N[C@@H]3C[C@@H](C(=O)N(C)C)CC[C@@H]3NC(=O)C3=NOC4CC(Cl)=CC=C4[N]3)sc2C1. The Balaban J connectivity index is 1.29. The van der Waals surface area contributed by atoms with E-state index in [4.69, 9.17) is 16.4 Å². The van der Waals surface area contributed by atoms with Crippen molar-refractivity contribution in [1.82, 2.24) is 30.7 Å². The average Bonchev–Trinajstić information content (AvgIpc) is 3.32. The molecule has 4 aliphatic rings. The van der Waals surface area contributed by atoms with Crippen LogP contribution < -0.4 is 16.0 Å². The summed E-state index contributed by atoms with van der Waals surface area (Å²) in [7, 11) is 5.49. The van der Waals surface area contributed by atoms with E-state index in [-0.39, 0.29) is 23.6 Å². The predicted molar refractivity (Wildman–Crippen MR) is 142 cm³/mol. The second-order valence-corrected chi connectivity index (χ2v) is 11.9. The molecule has 4 atom stereocenters. The maximum atomic E-state index is 13.3. The molecule has 203 valence electrons. The van der Waals surface area contributed by atoms with Crippen LogP contribution in [0.5, 0.6) is 0 Å². The molecule has 1 aromatic rings. The number of oxime groups is 1. The third-order valence-corrected chi connectivity index (χ3v) is 8.60. The Hall–Kier alpha value is -2.96. The van der Waals surface area contributed by atoms with E-state index in [9.17, 15) is 14.4 Å². The smallest absolute Gasteiger partial charge is 0.292 e. The lowest BCUT2D eigenvalue weighted by Crippen LogP contribution is -2.57. The predicted octanol–water partition coefficient (Wildman–Crippen LogP) is 1.33. The lowest BCUT2D eigenvalue weighted by Gasteiger charge is -2.37. The first-order chi connectivity index (χ1) is 18.2. The molecule has 1 aromatic heterocycles. The van der Waals surface area contributed by atoms with Gasteiger partial charge in [-0.1, -0.05) is 16.8 Å². The summed E-state index contributed by atoms with van der Waals surface area (Å²) in [6.07, 6.45) is 5.79. The van der Waals surface area contributed by atoms with Crippen molar-refractivity contribution in [3.63, 3.8) is 0 Å². The molecule has 1 radical (unpaired) electrons. The Morgan fingerprint density at radius 2 is 1.95 bits per heavy atom. The van der Waals surface area contributed by atoms with Gasteiger partial charge in [0.2, 0.25) is 5.91 Å². The summed E-state index contributed by atoms with van der Waals surface area (Å²) in [5.41, 5.74) is 1.55. The van der Waals surface area contributed by atoms with E-state index in [0.717, 1.165) is 30.1 Å². The van der Waals surface area contributed by atoms with Crippen LogP contribution in [0.2, 0.25) is 0 Å². The van der Waals surface area contributed by atoms with E-state index in [2.05, 4.69) is 31.0 Å². The average molecular weight is 561 g/mol. The number of nitrogens with one attached hydrogen (secondary N) is 2. The Bertz CT molecular complexity index is 1230. The van der Waals surface area contributed by atoms with Crippen LogP contribution in [-0.4, -0.2) is 84.2 Å². The van der Waals surface area contributed by atoms with Gasteiger partial charge in [-0.3, -0.25) is 14.4 Å². The first-order valence-corrected chi connectivity index (χ1v) is 13.9. The van der Waals surface area contributed by atoms with Crippen LogP contribution >= 0.6 is 22.9 Å². The van der Waals surface area contributed by atoms with Crippen LogP contribution in [0.4, 0.5) is 0 Å². The summed E-state index contributed by atoms with van der Waals surface area (Å²) in [6, 6.07) is -0.880. The van der Waals surface area contributed by atoms with Crippen LogP contribution in [0, 0.1) is 5.92 Å². The molecule has 2 aliphatic carbocycles. The van der Waals surface area contributed by atoms with E-state index in [1.807, 2.05) is 7.05 Å². The molecule has 1 fully saturated rings. The number of thiazole rings is 1. The van der Waals surface area contributed by atoms with Crippen molar-refractivity contribution >= 4 is 46.5 Å². The molecule has 1 unspecified atom stereocenters. The van der Waals surface area contributed by atoms with Gasteiger partial charge in [0.1, 0.15) is 0 Å². The molecule has 13 heteroatoms. The van der Waals surface area contributed by atoms with Gasteiger partial charge in [0, 0.05) is 61.9 Å². The van der Waals surface area contributed by atoms with Crippen molar-refractivity contribution in [3.8, 4) is 0 Å². The maximum Gasteiger partial charge on any atom is 0.292 e. The lowest BCUT2D eigenvalue weighted by atomic mass is 9.81. The zero-order valence-electron chi connectivity index (χ0n) is 21.6. The zero-order chi connectivity index (χ0) is 27.0. The zero-order valence-corrected chi connectivity index (χ0v) is 23.1. The summed E-state index contributed by atoms with van der Waals surface area (Å²) in [5.74, 6) is -1.14. The van der Waals surface area contributed by atoms with Crippen molar-refractivity contribution in [3.05, 3.63) is 38.5 Å². The number of amidine groups is 1. The number of amides is 3. The van der Waals surface area contributed by atoms with E-state index in [0.29, 0.717) is 41.4 Å². The number of hydrogen-bond donors (Lipinski definition) is 2. The fourth-order valence-electron chi connectivity index (χ4n) is 5.16. The molecule has 2 N–H and O–H groups in total. The molecule has 3 amide bonds. The molecule has 1 saturated carbocycles.